The number of para-hydroxylation sites is 2. The van der Waals surface area contributed by atoms with Gasteiger partial charge in [-0.25, -0.2) is 0 Å². The van der Waals surface area contributed by atoms with Crippen molar-refractivity contribution in [3.63, 3.8) is 0 Å². The first kappa shape index (κ1) is 23.2. The Morgan fingerprint density at radius 2 is 1.12 bits per heavy atom. The normalized spacial score (nSPS) is 12.2. The number of hydrogen-bond acceptors (Lipinski definition) is 2. The van der Waals surface area contributed by atoms with Crippen LogP contribution in [-0.4, -0.2) is 4.40 Å². The van der Waals surface area contributed by atoms with Gasteiger partial charge in [-0.05, 0) is 71.4 Å². The van der Waals surface area contributed by atoms with E-state index in [4.69, 9.17) is 0 Å². The Bertz CT molecular complexity index is 2660. The van der Waals surface area contributed by atoms with Crippen molar-refractivity contribution >= 4 is 97.4 Å². The number of hydrogen-bond donors (Lipinski definition) is 0. The van der Waals surface area contributed by atoms with E-state index in [-0.39, 0.29) is 0 Å². The predicted octanol–water partition coefficient (Wildman–Crippen LogP) is 11.8. The SMILES string of the molecule is c1ccc(N(c2ccc3sc4ccccc4c3c2)c2ccc3c(c2)c2ccc4cccc5c6ccccc6n3c2c45)cc1. The van der Waals surface area contributed by atoms with Gasteiger partial charge < -0.3 is 9.30 Å². The maximum absolute atomic E-state index is 2.48. The first-order valence-electron chi connectivity index (χ1n) is 14.7. The van der Waals surface area contributed by atoms with E-state index in [0.717, 1.165) is 17.1 Å². The molecule has 3 heteroatoms. The molecule has 0 spiro atoms. The van der Waals surface area contributed by atoms with Gasteiger partial charge in [-0.1, -0.05) is 84.9 Å². The predicted molar refractivity (Wildman–Crippen MR) is 186 cm³/mol. The van der Waals surface area contributed by atoms with Crippen LogP contribution in [0.5, 0.6) is 0 Å². The van der Waals surface area contributed by atoms with E-state index in [1.165, 1.54) is 69.0 Å². The summed E-state index contributed by atoms with van der Waals surface area (Å²) in [6, 6.07) is 53.5. The maximum atomic E-state index is 2.48. The van der Waals surface area contributed by atoms with E-state index in [1.54, 1.807) is 0 Å². The van der Waals surface area contributed by atoms with E-state index in [1.807, 2.05) is 11.3 Å². The lowest BCUT2D eigenvalue weighted by atomic mass is 9.99. The average molecular weight is 565 g/mol. The number of nitrogens with zero attached hydrogens (tertiary/aromatic N) is 2. The lowest BCUT2D eigenvalue weighted by Crippen LogP contribution is -2.09. The molecule has 0 bridgehead atoms. The fourth-order valence-electron chi connectivity index (χ4n) is 7.25. The maximum Gasteiger partial charge on any atom is 0.0626 e. The summed E-state index contributed by atoms with van der Waals surface area (Å²) in [6.07, 6.45) is 0. The van der Waals surface area contributed by atoms with Crippen LogP contribution in [0.15, 0.2) is 146 Å². The highest BCUT2D eigenvalue weighted by Gasteiger charge is 2.20. The Hall–Kier alpha value is -5.38. The molecule has 0 amide bonds. The fourth-order valence-corrected chi connectivity index (χ4v) is 8.34. The average Bonchev–Trinajstić information content (AvgIpc) is 3.61. The molecule has 10 aromatic rings. The van der Waals surface area contributed by atoms with Crippen molar-refractivity contribution in [2.75, 3.05) is 4.90 Å². The van der Waals surface area contributed by atoms with Gasteiger partial charge >= 0.3 is 0 Å². The second-order valence-corrected chi connectivity index (χ2v) is 12.5. The van der Waals surface area contributed by atoms with E-state index < -0.39 is 0 Å². The van der Waals surface area contributed by atoms with Gasteiger partial charge in [-0.3, -0.25) is 0 Å². The van der Waals surface area contributed by atoms with Crippen LogP contribution >= 0.6 is 11.3 Å². The lowest BCUT2D eigenvalue weighted by Gasteiger charge is -2.25. The monoisotopic (exact) mass is 564 g/mol. The molecule has 43 heavy (non-hydrogen) atoms. The van der Waals surface area contributed by atoms with Gasteiger partial charge in [-0.15, -0.1) is 11.3 Å². The Labute approximate surface area is 251 Å². The number of anilines is 3. The molecule has 10 rings (SSSR count). The van der Waals surface area contributed by atoms with Crippen LogP contribution in [0.2, 0.25) is 0 Å². The van der Waals surface area contributed by atoms with Crippen molar-refractivity contribution < 1.29 is 0 Å². The lowest BCUT2D eigenvalue weighted by molar-refractivity contribution is 1.29. The van der Waals surface area contributed by atoms with Gasteiger partial charge in [0.05, 0.1) is 16.6 Å². The third-order valence-electron chi connectivity index (χ3n) is 9.08. The van der Waals surface area contributed by atoms with Crippen LogP contribution in [0.3, 0.4) is 0 Å². The number of pyridine rings is 1. The molecule has 0 saturated carbocycles. The number of benzene rings is 7. The Morgan fingerprint density at radius 3 is 2.02 bits per heavy atom. The molecule has 0 atom stereocenters. The molecular weight excluding hydrogens is 541 g/mol. The largest absolute Gasteiger partial charge is 0.310 e. The van der Waals surface area contributed by atoms with Gasteiger partial charge in [0.2, 0.25) is 0 Å². The first-order valence-corrected chi connectivity index (χ1v) is 15.5. The minimum absolute atomic E-state index is 1.15. The smallest absolute Gasteiger partial charge is 0.0626 e. The summed E-state index contributed by atoms with van der Waals surface area (Å²) >= 11 is 1.86. The van der Waals surface area contributed by atoms with Gasteiger partial charge in [0.15, 0.2) is 0 Å². The summed E-state index contributed by atoms with van der Waals surface area (Å²) in [6.45, 7) is 0. The van der Waals surface area contributed by atoms with E-state index in [9.17, 15) is 0 Å². The molecule has 0 N–H and O–H groups in total. The van der Waals surface area contributed by atoms with Crippen LogP contribution in [0.25, 0.3) is 69.0 Å². The van der Waals surface area contributed by atoms with Gasteiger partial charge in [0, 0.05) is 58.8 Å². The molecule has 0 fully saturated rings. The zero-order chi connectivity index (χ0) is 28.1. The number of aromatic nitrogens is 1. The summed E-state index contributed by atoms with van der Waals surface area (Å²) in [5, 5.41) is 10.4. The molecule has 3 heterocycles. The molecule has 0 aliphatic rings. The summed E-state index contributed by atoms with van der Waals surface area (Å²) in [7, 11) is 0. The van der Waals surface area contributed by atoms with Crippen molar-refractivity contribution in [2.45, 2.75) is 0 Å². The fraction of sp³-hybridized carbons (Fsp3) is 0. The minimum Gasteiger partial charge on any atom is -0.310 e. The topological polar surface area (TPSA) is 7.65 Å². The summed E-state index contributed by atoms with van der Waals surface area (Å²) in [5.41, 5.74) is 7.24. The van der Waals surface area contributed by atoms with Crippen LogP contribution in [0.1, 0.15) is 0 Å². The Morgan fingerprint density at radius 1 is 0.419 bits per heavy atom. The van der Waals surface area contributed by atoms with E-state index >= 15 is 0 Å². The molecule has 3 aromatic heterocycles. The highest BCUT2D eigenvalue weighted by atomic mass is 32.1. The van der Waals surface area contributed by atoms with Crippen LogP contribution in [0, 0.1) is 0 Å². The van der Waals surface area contributed by atoms with Crippen LogP contribution in [-0.2, 0) is 0 Å². The second kappa shape index (κ2) is 8.57. The zero-order valence-electron chi connectivity index (χ0n) is 23.2. The Kier molecular flexibility index (Phi) is 4.63. The number of rotatable bonds is 3. The van der Waals surface area contributed by atoms with Crippen LogP contribution < -0.4 is 4.90 Å². The van der Waals surface area contributed by atoms with Crippen LogP contribution in [0.4, 0.5) is 17.1 Å². The number of thiophene rings is 1. The molecule has 0 unspecified atom stereocenters. The van der Waals surface area contributed by atoms with Gasteiger partial charge in [-0.2, -0.15) is 0 Å². The Balaban J connectivity index is 1.29. The minimum atomic E-state index is 1.15. The van der Waals surface area contributed by atoms with Gasteiger partial charge in [0.25, 0.3) is 0 Å². The molecule has 2 nitrogen and oxygen atoms in total. The summed E-state index contributed by atoms with van der Waals surface area (Å²) in [5.74, 6) is 0. The van der Waals surface area contributed by atoms with Crippen molar-refractivity contribution in [1.82, 2.24) is 4.40 Å². The molecule has 200 valence electrons. The first-order chi connectivity index (χ1) is 21.3. The molecule has 0 aliphatic carbocycles. The summed E-state index contributed by atoms with van der Waals surface area (Å²) in [4.78, 5) is 2.40. The van der Waals surface area contributed by atoms with Crippen molar-refractivity contribution in [2.24, 2.45) is 0 Å². The molecule has 0 saturated heterocycles. The highest BCUT2D eigenvalue weighted by molar-refractivity contribution is 7.25. The summed E-state index contributed by atoms with van der Waals surface area (Å²) < 4.78 is 5.12. The third kappa shape index (κ3) is 3.17. The molecule has 0 aliphatic heterocycles. The van der Waals surface area contributed by atoms with Crippen molar-refractivity contribution in [1.29, 1.82) is 0 Å². The molecule has 0 radical (unpaired) electrons. The van der Waals surface area contributed by atoms with Gasteiger partial charge in [0.1, 0.15) is 0 Å². The van der Waals surface area contributed by atoms with Crippen molar-refractivity contribution in [3.05, 3.63) is 146 Å². The third-order valence-corrected chi connectivity index (χ3v) is 10.2. The highest BCUT2D eigenvalue weighted by Crippen LogP contribution is 2.45. The quantitative estimate of drug-likeness (QED) is 0.153. The standard InChI is InChI=1S/C40H24N2S/c1-2-10-26(11-3-1)41(28-19-22-38-34(24-28)30-13-5-7-16-37(30)43-38)27-18-21-36-33(23-27)32-20-17-25-9-8-14-31-29-12-4-6-15-35(29)42(36)40(32)39(25)31/h1-24H. The van der Waals surface area contributed by atoms with E-state index in [2.05, 4.69) is 155 Å². The molecular formula is C40H24N2S. The zero-order valence-corrected chi connectivity index (χ0v) is 24.0. The second-order valence-electron chi connectivity index (χ2n) is 11.4. The molecule has 7 aromatic carbocycles. The number of fused-ring (bicyclic) bond motifs is 9. The van der Waals surface area contributed by atoms with Crippen molar-refractivity contribution in [3.8, 4) is 0 Å². The van der Waals surface area contributed by atoms with E-state index in [0.29, 0.717) is 0 Å².